The summed E-state index contributed by atoms with van der Waals surface area (Å²) in [6.45, 7) is 0. The van der Waals surface area contributed by atoms with Gasteiger partial charge in [0.25, 0.3) is 0 Å². The molecule has 3 rings (SSSR count). The van der Waals surface area contributed by atoms with Crippen LogP contribution in [-0.2, 0) is 6.18 Å². The third-order valence-electron chi connectivity index (χ3n) is 4.49. The van der Waals surface area contributed by atoms with Crippen LogP contribution in [0.5, 0.6) is 0 Å². The molecule has 0 fully saturated rings. The molecule has 0 aliphatic carbocycles. The number of allylic oxidation sites excluding steroid dienone is 1. The zero-order chi connectivity index (χ0) is 20.0. The second-order valence-electron chi connectivity index (χ2n) is 6.49. The van der Waals surface area contributed by atoms with E-state index >= 15 is 0 Å². The number of alkyl halides is 3. The predicted molar refractivity (Wildman–Crippen MR) is 105 cm³/mol. The van der Waals surface area contributed by atoms with E-state index in [4.69, 9.17) is 0 Å². The smallest absolute Gasteiger partial charge is 0.294 e. The van der Waals surface area contributed by atoms with Crippen LogP contribution in [0.4, 0.5) is 13.2 Å². The summed E-state index contributed by atoms with van der Waals surface area (Å²) < 4.78 is 38.2. The van der Waals surface area contributed by atoms with Crippen molar-refractivity contribution in [2.75, 3.05) is 0 Å². The Bertz CT molecular complexity index is 927. The van der Waals surface area contributed by atoms with Gasteiger partial charge >= 0.3 is 6.18 Å². The SMILES string of the molecule is O=C(CC(/C=C/c1ccccc1)c1ccccc1)c1ccc(C(F)(F)F)cc1. The molecule has 0 heterocycles. The van der Waals surface area contributed by atoms with Crippen LogP contribution >= 0.6 is 0 Å². The van der Waals surface area contributed by atoms with E-state index in [9.17, 15) is 18.0 Å². The van der Waals surface area contributed by atoms with Crippen LogP contribution < -0.4 is 0 Å². The predicted octanol–water partition coefficient (Wildman–Crippen LogP) is 6.78. The summed E-state index contributed by atoms with van der Waals surface area (Å²) >= 11 is 0. The van der Waals surface area contributed by atoms with Crippen LogP contribution in [0.1, 0.15) is 39.4 Å². The molecule has 0 bridgehead atoms. The van der Waals surface area contributed by atoms with Gasteiger partial charge in [0.15, 0.2) is 5.78 Å². The molecule has 0 aliphatic heterocycles. The van der Waals surface area contributed by atoms with Crippen LogP contribution in [0.2, 0.25) is 0 Å². The molecule has 4 heteroatoms. The van der Waals surface area contributed by atoms with E-state index in [2.05, 4.69) is 0 Å². The van der Waals surface area contributed by atoms with E-state index in [-0.39, 0.29) is 23.7 Å². The highest BCUT2D eigenvalue weighted by atomic mass is 19.4. The minimum Gasteiger partial charge on any atom is -0.294 e. The Morgan fingerprint density at radius 1 is 0.821 bits per heavy atom. The number of hydrogen-bond acceptors (Lipinski definition) is 1. The van der Waals surface area contributed by atoms with E-state index in [1.807, 2.05) is 72.8 Å². The molecule has 1 nitrogen and oxygen atoms in total. The number of rotatable bonds is 6. The Morgan fingerprint density at radius 2 is 1.39 bits per heavy atom. The van der Waals surface area contributed by atoms with Gasteiger partial charge in [-0.05, 0) is 23.3 Å². The topological polar surface area (TPSA) is 17.1 Å². The van der Waals surface area contributed by atoms with Gasteiger partial charge in [-0.25, -0.2) is 0 Å². The van der Waals surface area contributed by atoms with Gasteiger partial charge in [0, 0.05) is 17.9 Å². The van der Waals surface area contributed by atoms with E-state index < -0.39 is 11.7 Å². The summed E-state index contributed by atoms with van der Waals surface area (Å²) in [7, 11) is 0. The lowest BCUT2D eigenvalue weighted by Crippen LogP contribution is -2.08. The molecule has 3 aromatic rings. The Kier molecular flexibility index (Phi) is 6.09. The maximum atomic E-state index is 12.7. The minimum absolute atomic E-state index is 0.170. The maximum absolute atomic E-state index is 12.7. The Morgan fingerprint density at radius 3 is 1.96 bits per heavy atom. The van der Waals surface area contributed by atoms with Gasteiger partial charge in [0.2, 0.25) is 0 Å². The van der Waals surface area contributed by atoms with Crippen molar-refractivity contribution in [2.45, 2.75) is 18.5 Å². The Hall–Kier alpha value is -3.14. The van der Waals surface area contributed by atoms with Crippen molar-refractivity contribution in [3.05, 3.63) is 113 Å². The first-order valence-electron chi connectivity index (χ1n) is 8.92. The van der Waals surface area contributed by atoms with Crippen molar-refractivity contribution >= 4 is 11.9 Å². The number of ketones is 1. The van der Waals surface area contributed by atoms with Crippen molar-refractivity contribution in [2.24, 2.45) is 0 Å². The van der Waals surface area contributed by atoms with Crippen LogP contribution in [0, 0.1) is 0 Å². The third kappa shape index (κ3) is 5.19. The standard InChI is InChI=1S/C24H19F3O/c25-24(26,27)22-15-13-20(14-16-22)23(28)17-21(19-9-5-2-6-10-19)12-11-18-7-3-1-4-8-18/h1-16,21H,17H2/b12-11+. The number of benzene rings is 3. The molecule has 0 saturated heterocycles. The van der Waals surface area contributed by atoms with Gasteiger partial charge in [-0.1, -0.05) is 84.9 Å². The first-order chi connectivity index (χ1) is 13.4. The zero-order valence-electron chi connectivity index (χ0n) is 15.1. The molecular formula is C24H19F3O. The molecule has 0 radical (unpaired) electrons. The lowest BCUT2D eigenvalue weighted by molar-refractivity contribution is -0.137. The third-order valence-corrected chi connectivity index (χ3v) is 4.49. The van der Waals surface area contributed by atoms with Crippen molar-refractivity contribution in [3.63, 3.8) is 0 Å². The summed E-state index contributed by atoms with van der Waals surface area (Å²) in [4.78, 5) is 12.7. The summed E-state index contributed by atoms with van der Waals surface area (Å²) in [5.74, 6) is -0.364. The average molecular weight is 380 g/mol. The summed E-state index contributed by atoms with van der Waals surface area (Å²) in [6.07, 6.45) is -0.310. The molecule has 1 unspecified atom stereocenters. The largest absolute Gasteiger partial charge is 0.416 e. The monoisotopic (exact) mass is 380 g/mol. The zero-order valence-corrected chi connectivity index (χ0v) is 15.1. The van der Waals surface area contributed by atoms with Crippen molar-refractivity contribution in [1.29, 1.82) is 0 Å². The molecule has 0 aromatic heterocycles. The van der Waals surface area contributed by atoms with Crippen molar-refractivity contribution in [1.82, 2.24) is 0 Å². The lowest BCUT2D eigenvalue weighted by atomic mass is 9.90. The molecule has 0 amide bonds. The highest BCUT2D eigenvalue weighted by molar-refractivity contribution is 5.96. The lowest BCUT2D eigenvalue weighted by Gasteiger charge is -2.13. The highest BCUT2D eigenvalue weighted by Crippen LogP contribution is 2.30. The van der Waals surface area contributed by atoms with Crippen molar-refractivity contribution < 1.29 is 18.0 Å². The van der Waals surface area contributed by atoms with Gasteiger partial charge in [-0.2, -0.15) is 13.2 Å². The van der Waals surface area contributed by atoms with Crippen LogP contribution in [0.15, 0.2) is 91.0 Å². The minimum atomic E-state index is -4.41. The quantitative estimate of drug-likeness (QED) is 0.431. The molecule has 28 heavy (non-hydrogen) atoms. The van der Waals surface area contributed by atoms with Gasteiger partial charge in [0.05, 0.1) is 5.56 Å². The maximum Gasteiger partial charge on any atom is 0.416 e. The van der Waals surface area contributed by atoms with Crippen LogP contribution in [0.25, 0.3) is 6.08 Å². The fourth-order valence-electron chi connectivity index (χ4n) is 2.95. The molecule has 0 spiro atoms. The average Bonchev–Trinajstić information content (AvgIpc) is 2.72. The van der Waals surface area contributed by atoms with E-state index in [0.717, 1.165) is 23.3 Å². The highest BCUT2D eigenvalue weighted by Gasteiger charge is 2.30. The second kappa shape index (κ2) is 8.70. The summed E-state index contributed by atoms with van der Waals surface area (Å²) in [6, 6.07) is 23.7. The van der Waals surface area contributed by atoms with Crippen LogP contribution in [0.3, 0.4) is 0 Å². The molecule has 3 aromatic carbocycles. The molecule has 0 saturated carbocycles. The number of Topliss-reactive ketones (excluding diaryl/α,β-unsaturated/α-hetero) is 1. The fraction of sp³-hybridized carbons (Fsp3) is 0.125. The second-order valence-corrected chi connectivity index (χ2v) is 6.49. The number of carbonyl (C=O) groups excluding carboxylic acids is 1. The van der Waals surface area contributed by atoms with E-state index in [1.54, 1.807) is 0 Å². The van der Waals surface area contributed by atoms with Gasteiger partial charge in [-0.15, -0.1) is 0 Å². The fourth-order valence-corrected chi connectivity index (χ4v) is 2.95. The molecule has 1 atom stereocenters. The Balaban J connectivity index is 1.81. The normalized spacial score (nSPS) is 12.8. The van der Waals surface area contributed by atoms with Gasteiger partial charge in [0.1, 0.15) is 0 Å². The summed E-state index contributed by atoms with van der Waals surface area (Å²) in [5, 5.41) is 0. The Labute approximate surface area is 162 Å². The first-order valence-corrected chi connectivity index (χ1v) is 8.92. The molecule has 0 aliphatic rings. The molecular weight excluding hydrogens is 361 g/mol. The van der Waals surface area contributed by atoms with Crippen molar-refractivity contribution in [3.8, 4) is 0 Å². The first kappa shape index (κ1) is 19.6. The number of hydrogen-bond donors (Lipinski definition) is 0. The van der Waals surface area contributed by atoms with Crippen LogP contribution in [-0.4, -0.2) is 5.78 Å². The van der Waals surface area contributed by atoms with Gasteiger partial charge < -0.3 is 0 Å². The molecule has 142 valence electrons. The summed E-state index contributed by atoms with van der Waals surface area (Å²) in [5.41, 5.74) is 1.52. The number of halogens is 3. The number of carbonyl (C=O) groups is 1. The van der Waals surface area contributed by atoms with E-state index in [0.29, 0.717) is 0 Å². The van der Waals surface area contributed by atoms with Gasteiger partial charge in [-0.3, -0.25) is 4.79 Å². The molecule has 0 N–H and O–H groups in total. The van der Waals surface area contributed by atoms with E-state index in [1.165, 1.54) is 12.1 Å².